The smallest absolute Gasteiger partial charge is 0.0754 e. The highest BCUT2D eigenvalue weighted by Crippen LogP contribution is 2.61. The van der Waals surface area contributed by atoms with Crippen LogP contribution >= 0.6 is 0 Å². The van der Waals surface area contributed by atoms with Crippen molar-refractivity contribution in [2.75, 3.05) is 26.7 Å². The Hall–Kier alpha value is -0.0800. The molecule has 20 heavy (non-hydrogen) atoms. The van der Waals surface area contributed by atoms with Crippen LogP contribution in [0.1, 0.15) is 57.8 Å². The molecule has 5 rings (SSSR count). The lowest BCUT2D eigenvalue weighted by molar-refractivity contribution is -0.139. The summed E-state index contributed by atoms with van der Waals surface area (Å²) >= 11 is 0. The normalized spacial score (nSPS) is 45.8. The maximum absolute atomic E-state index is 6.10. The van der Waals surface area contributed by atoms with Gasteiger partial charge in [-0.05, 0) is 87.6 Å². The zero-order valence-corrected chi connectivity index (χ0v) is 13.2. The quantitative estimate of drug-likeness (QED) is 0.777. The fraction of sp³-hybridized carbons (Fsp3) is 1.00. The number of methoxy groups -OCH3 is 1. The molecule has 1 atom stereocenters. The molecule has 114 valence electrons. The summed E-state index contributed by atoms with van der Waals surface area (Å²) in [6, 6.07) is 0. The summed E-state index contributed by atoms with van der Waals surface area (Å²) in [5, 5.41) is 0. The van der Waals surface area contributed by atoms with E-state index in [1.54, 1.807) is 19.3 Å². The number of rotatable bonds is 4. The van der Waals surface area contributed by atoms with E-state index in [2.05, 4.69) is 4.90 Å². The van der Waals surface area contributed by atoms with Crippen LogP contribution in [-0.2, 0) is 4.74 Å². The SMILES string of the molecule is COC(CN1CCCCC1)C12CC3CC(CC(C3)C1)C2. The predicted octanol–water partition coefficient (Wildman–Crippen LogP) is 3.70. The number of ether oxygens (including phenoxy) is 1. The second-order valence-corrected chi connectivity index (χ2v) is 8.37. The van der Waals surface area contributed by atoms with Crippen molar-refractivity contribution < 1.29 is 4.74 Å². The Balaban J connectivity index is 1.48. The van der Waals surface area contributed by atoms with Gasteiger partial charge in [-0.1, -0.05) is 6.42 Å². The number of hydrogen-bond acceptors (Lipinski definition) is 2. The van der Waals surface area contributed by atoms with E-state index >= 15 is 0 Å². The second kappa shape index (κ2) is 5.28. The van der Waals surface area contributed by atoms with Crippen molar-refractivity contribution in [3.63, 3.8) is 0 Å². The van der Waals surface area contributed by atoms with E-state index in [9.17, 15) is 0 Å². The fourth-order valence-electron chi connectivity index (χ4n) is 6.47. The standard InChI is InChI=1S/C18H31NO/c1-20-17(13-19-5-3-2-4-6-19)18-10-14-7-15(11-18)9-16(8-14)12-18/h14-17H,2-13H2,1H3. The molecule has 0 aromatic carbocycles. The van der Waals surface area contributed by atoms with E-state index in [4.69, 9.17) is 4.74 Å². The summed E-state index contributed by atoms with van der Waals surface area (Å²) in [6.45, 7) is 3.83. The third-order valence-corrected chi connectivity index (χ3v) is 6.93. The van der Waals surface area contributed by atoms with Crippen LogP contribution in [0.2, 0.25) is 0 Å². The molecule has 0 radical (unpaired) electrons. The zero-order valence-electron chi connectivity index (χ0n) is 13.2. The van der Waals surface area contributed by atoms with Crippen molar-refractivity contribution in [3.05, 3.63) is 0 Å². The van der Waals surface area contributed by atoms with Crippen LogP contribution in [-0.4, -0.2) is 37.7 Å². The van der Waals surface area contributed by atoms with Crippen LogP contribution in [0, 0.1) is 23.2 Å². The summed E-state index contributed by atoms with van der Waals surface area (Å²) in [6.07, 6.45) is 13.8. The molecule has 4 saturated carbocycles. The van der Waals surface area contributed by atoms with Gasteiger partial charge in [0.2, 0.25) is 0 Å². The molecule has 4 bridgehead atoms. The van der Waals surface area contributed by atoms with Crippen molar-refractivity contribution in [2.24, 2.45) is 23.2 Å². The molecule has 0 aromatic rings. The van der Waals surface area contributed by atoms with Crippen molar-refractivity contribution in [1.82, 2.24) is 4.90 Å². The summed E-state index contributed by atoms with van der Waals surface area (Å²) in [4.78, 5) is 2.69. The molecule has 1 saturated heterocycles. The molecule has 0 amide bonds. The van der Waals surface area contributed by atoms with Gasteiger partial charge in [0.05, 0.1) is 6.10 Å². The van der Waals surface area contributed by atoms with Crippen LogP contribution in [0.25, 0.3) is 0 Å². The van der Waals surface area contributed by atoms with Crippen molar-refractivity contribution >= 4 is 0 Å². The molecule has 0 spiro atoms. The van der Waals surface area contributed by atoms with E-state index in [0.29, 0.717) is 11.5 Å². The molecular formula is C18H31NO. The van der Waals surface area contributed by atoms with Crippen LogP contribution in [0.3, 0.4) is 0 Å². The second-order valence-electron chi connectivity index (χ2n) is 8.37. The molecule has 1 aliphatic heterocycles. The molecular weight excluding hydrogens is 246 g/mol. The number of piperidine rings is 1. The van der Waals surface area contributed by atoms with Gasteiger partial charge in [0.1, 0.15) is 0 Å². The van der Waals surface area contributed by atoms with E-state index in [1.807, 2.05) is 7.11 Å². The first-order valence-corrected chi connectivity index (χ1v) is 9.02. The van der Waals surface area contributed by atoms with Gasteiger partial charge in [-0.2, -0.15) is 0 Å². The maximum atomic E-state index is 6.10. The van der Waals surface area contributed by atoms with Gasteiger partial charge in [-0.3, -0.25) is 0 Å². The van der Waals surface area contributed by atoms with Crippen LogP contribution < -0.4 is 0 Å². The lowest BCUT2D eigenvalue weighted by atomic mass is 9.48. The molecule has 2 heteroatoms. The van der Waals surface area contributed by atoms with Gasteiger partial charge in [-0.25, -0.2) is 0 Å². The Morgan fingerprint density at radius 2 is 1.50 bits per heavy atom. The van der Waals surface area contributed by atoms with E-state index in [0.717, 1.165) is 17.8 Å². The Morgan fingerprint density at radius 1 is 0.950 bits per heavy atom. The van der Waals surface area contributed by atoms with Crippen molar-refractivity contribution in [1.29, 1.82) is 0 Å². The molecule has 2 nitrogen and oxygen atoms in total. The number of likely N-dealkylation sites (tertiary alicyclic amines) is 1. The number of nitrogens with zero attached hydrogens (tertiary/aromatic N) is 1. The largest absolute Gasteiger partial charge is 0.380 e. The molecule has 1 unspecified atom stereocenters. The molecule has 5 fully saturated rings. The average molecular weight is 277 g/mol. The fourth-order valence-corrected chi connectivity index (χ4v) is 6.47. The van der Waals surface area contributed by atoms with Crippen LogP contribution in [0.5, 0.6) is 0 Å². The first kappa shape index (κ1) is 13.6. The Bertz CT molecular complexity index is 312. The highest BCUT2D eigenvalue weighted by Gasteiger charge is 2.54. The summed E-state index contributed by atoms with van der Waals surface area (Å²) in [5.41, 5.74) is 0.556. The Labute approximate surface area is 124 Å². The molecule has 0 N–H and O–H groups in total. The van der Waals surface area contributed by atoms with E-state index < -0.39 is 0 Å². The Kier molecular flexibility index (Phi) is 3.58. The number of hydrogen-bond donors (Lipinski definition) is 0. The van der Waals surface area contributed by atoms with Crippen LogP contribution in [0.4, 0.5) is 0 Å². The first-order valence-electron chi connectivity index (χ1n) is 9.02. The van der Waals surface area contributed by atoms with Crippen LogP contribution in [0.15, 0.2) is 0 Å². The first-order chi connectivity index (χ1) is 9.77. The summed E-state index contributed by atoms with van der Waals surface area (Å²) in [7, 11) is 1.98. The van der Waals surface area contributed by atoms with Gasteiger partial charge in [0, 0.05) is 13.7 Å². The summed E-state index contributed by atoms with van der Waals surface area (Å²) in [5.74, 6) is 3.13. The van der Waals surface area contributed by atoms with Gasteiger partial charge >= 0.3 is 0 Å². The van der Waals surface area contributed by atoms with E-state index in [-0.39, 0.29) is 0 Å². The van der Waals surface area contributed by atoms with E-state index in [1.165, 1.54) is 58.2 Å². The average Bonchev–Trinajstić information content (AvgIpc) is 2.44. The molecule has 0 aromatic heterocycles. The van der Waals surface area contributed by atoms with Gasteiger partial charge in [0.15, 0.2) is 0 Å². The molecule has 5 aliphatic rings. The minimum atomic E-state index is 0.508. The Morgan fingerprint density at radius 3 is 2.00 bits per heavy atom. The van der Waals surface area contributed by atoms with Crippen molar-refractivity contribution in [2.45, 2.75) is 63.9 Å². The predicted molar refractivity (Wildman–Crippen MR) is 81.7 cm³/mol. The van der Waals surface area contributed by atoms with Gasteiger partial charge in [-0.15, -0.1) is 0 Å². The van der Waals surface area contributed by atoms with Gasteiger partial charge < -0.3 is 9.64 Å². The minimum absolute atomic E-state index is 0.508. The monoisotopic (exact) mass is 277 g/mol. The highest BCUT2D eigenvalue weighted by molar-refractivity contribution is 5.05. The lowest BCUT2D eigenvalue weighted by Crippen LogP contribution is -2.55. The highest BCUT2D eigenvalue weighted by atomic mass is 16.5. The van der Waals surface area contributed by atoms with Crippen molar-refractivity contribution in [3.8, 4) is 0 Å². The summed E-state index contributed by atoms with van der Waals surface area (Å²) < 4.78 is 6.10. The lowest BCUT2D eigenvalue weighted by Gasteiger charge is -2.59. The minimum Gasteiger partial charge on any atom is -0.380 e. The van der Waals surface area contributed by atoms with Gasteiger partial charge in [0.25, 0.3) is 0 Å². The molecule has 4 aliphatic carbocycles. The third kappa shape index (κ3) is 2.33. The molecule has 1 heterocycles. The topological polar surface area (TPSA) is 12.5 Å². The zero-order chi connectivity index (χ0) is 13.6. The maximum Gasteiger partial charge on any atom is 0.0754 e. The third-order valence-electron chi connectivity index (χ3n) is 6.93.